The summed E-state index contributed by atoms with van der Waals surface area (Å²) in [5.41, 5.74) is 2.54. The SMILES string of the molecule is Cc1ccc(OCC(=O)NCCNc2ccccc2[N+](=O)[O-])c(C)c1. The van der Waals surface area contributed by atoms with Gasteiger partial charge in [-0.3, -0.25) is 14.9 Å². The van der Waals surface area contributed by atoms with E-state index >= 15 is 0 Å². The molecule has 2 aromatic rings. The third-order valence-corrected chi connectivity index (χ3v) is 3.55. The molecule has 0 aromatic heterocycles. The molecular weight excluding hydrogens is 322 g/mol. The van der Waals surface area contributed by atoms with E-state index in [-0.39, 0.29) is 18.2 Å². The minimum atomic E-state index is -0.446. The summed E-state index contributed by atoms with van der Waals surface area (Å²) in [7, 11) is 0. The van der Waals surface area contributed by atoms with Crippen LogP contribution in [0.5, 0.6) is 5.75 Å². The van der Waals surface area contributed by atoms with Crippen LogP contribution in [-0.2, 0) is 4.79 Å². The predicted molar refractivity (Wildman–Crippen MR) is 96.0 cm³/mol. The van der Waals surface area contributed by atoms with E-state index in [0.717, 1.165) is 11.1 Å². The molecule has 0 unspecified atom stereocenters. The van der Waals surface area contributed by atoms with Crippen LogP contribution in [0.25, 0.3) is 0 Å². The van der Waals surface area contributed by atoms with Crippen molar-refractivity contribution >= 4 is 17.3 Å². The van der Waals surface area contributed by atoms with Crippen molar-refractivity contribution < 1.29 is 14.5 Å². The van der Waals surface area contributed by atoms with Crippen molar-refractivity contribution in [1.29, 1.82) is 0 Å². The van der Waals surface area contributed by atoms with Gasteiger partial charge in [0.25, 0.3) is 11.6 Å². The molecule has 0 aliphatic rings. The summed E-state index contributed by atoms with van der Waals surface area (Å²) >= 11 is 0. The summed E-state index contributed by atoms with van der Waals surface area (Å²) in [6, 6.07) is 12.1. The van der Waals surface area contributed by atoms with Gasteiger partial charge in [-0.1, -0.05) is 29.8 Å². The molecule has 7 nitrogen and oxygen atoms in total. The number of rotatable bonds is 8. The molecule has 0 fully saturated rings. The summed E-state index contributed by atoms with van der Waals surface area (Å²) in [5.74, 6) is 0.433. The van der Waals surface area contributed by atoms with Crippen LogP contribution in [0.15, 0.2) is 42.5 Å². The summed E-state index contributed by atoms with van der Waals surface area (Å²) in [6.07, 6.45) is 0. The van der Waals surface area contributed by atoms with Gasteiger partial charge in [0.1, 0.15) is 11.4 Å². The van der Waals surface area contributed by atoms with Crippen molar-refractivity contribution in [2.45, 2.75) is 13.8 Å². The third kappa shape index (κ3) is 5.49. The Labute approximate surface area is 146 Å². The minimum absolute atomic E-state index is 0.00649. The average molecular weight is 343 g/mol. The first kappa shape index (κ1) is 18.3. The second kappa shape index (κ2) is 8.68. The standard InChI is InChI=1S/C18H21N3O4/c1-13-7-8-17(14(2)11-13)25-12-18(22)20-10-9-19-15-5-3-4-6-16(15)21(23)24/h3-8,11,19H,9-10,12H2,1-2H3,(H,20,22). The molecule has 0 saturated heterocycles. The Hall–Kier alpha value is -3.09. The molecule has 1 amide bonds. The largest absolute Gasteiger partial charge is 0.484 e. The average Bonchev–Trinajstić information content (AvgIpc) is 2.58. The fourth-order valence-corrected chi connectivity index (χ4v) is 2.34. The van der Waals surface area contributed by atoms with Crippen LogP contribution in [0, 0.1) is 24.0 Å². The molecule has 0 aliphatic heterocycles. The van der Waals surface area contributed by atoms with Crippen molar-refractivity contribution in [2.24, 2.45) is 0 Å². The normalized spacial score (nSPS) is 10.2. The fraction of sp³-hybridized carbons (Fsp3) is 0.278. The number of nitro groups is 1. The van der Waals surface area contributed by atoms with Gasteiger partial charge in [-0.15, -0.1) is 0 Å². The first-order chi connectivity index (χ1) is 12.0. The zero-order chi connectivity index (χ0) is 18.2. The van der Waals surface area contributed by atoms with Crippen molar-refractivity contribution in [3.8, 4) is 5.75 Å². The Morgan fingerprint density at radius 2 is 1.92 bits per heavy atom. The van der Waals surface area contributed by atoms with Gasteiger partial charge in [-0.25, -0.2) is 0 Å². The van der Waals surface area contributed by atoms with Gasteiger partial charge in [-0.05, 0) is 31.5 Å². The summed E-state index contributed by atoms with van der Waals surface area (Å²) in [4.78, 5) is 22.3. The van der Waals surface area contributed by atoms with E-state index in [4.69, 9.17) is 4.74 Å². The topological polar surface area (TPSA) is 93.5 Å². The number of aryl methyl sites for hydroxylation is 2. The number of ether oxygens (including phenoxy) is 1. The maximum absolute atomic E-state index is 11.8. The highest BCUT2D eigenvalue weighted by Gasteiger charge is 2.11. The molecule has 2 rings (SSSR count). The molecule has 0 saturated carbocycles. The highest BCUT2D eigenvalue weighted by Crippen LogP contribution is 2.22. The van der Waals surface area contributed by atoms with Crippen LogP contribution >= 0.6 is 0 Å². The van der Waals surface area contributed by atoms with Gasteiger partial charge in [0.15, 0.2) is 6.61 Å². The molecule has 0 bridgehead atoms. The van der Waals surface area contributed by atoms with Crippen molar-refractivity contribution in [3.63, 3.8) is 0 Å². The number of hydrogen-bond donors (Lipinski definition) is 2. The Morgan fingerprint density at radius 3 is 2.64 bits per heavy atom. The molecule has 0 radical (unpaired) electrons. The molecule has 25 heavy (non-hydrogen) atoms. The highest BCUT2D eigenvalue weighted by atomic mass is 16.6. The van der Waals surface area contributed by atoms with Crippen LogP contribution in [0.3, 0.4) is 0 Å². The third-order valence-electron chi connectivity index (χ3n) is 3.55. The second-order valence-corrected chi connectivity index (χ2v) is 5.61. The van der Waals surface area contributed by atoms with Gasteiger partial charge < -0.3 is 15.4 Å². The van der Waals surface area contributed by atoms with Crippen LogP contribution in [-0.4, -0.2) is 30.5 Å². The zero-order valence-corrected chi connectivity index (χ0v) is 14.2. The Balaban J connectivity index is 1.73. The van der Waals surface area contributed by atoms with Gasteiger partial charge >= 0.3 is 0 Å². The molecule has 0 spiro atoms. The van der Waals surface area contributed by atoms with Gasteiger partial charge in [-0.2, -0.15) is 0 Å². The number of para-hydroxylation sites is 2. The van der Waals surface area contributed by atoms with E-state index in [1.807, 2.05) is 32.0 Å². The summed E-state index contributed by atoms with van der Waals surface area (Å²) in [6.45, 7) is 4.56. The Kier molecular flexibility index (Phi) is 6.33. The lowest BCUT2D eigenvalue weighted by Gasteiger charge is -2.11. The molecule has 2 N–H and O–H groups in total. The van der Waals surface area contributed by atoms with Crippen LogP contribution in [0.1, 0.15) is 11.1 Å². The molecule has 132 valence electrons. The molecule has 2 aromatic carbocycles. The number of nitrogens with zero attached hydrogens (tertiary/aromatic N) is 1. The molecule has 0 heterocycles. The summed E-state index contributed by atoms with van der Waals surface area (Å²) < 4.78 is 5.50. The van der Waals surface area contributed by atoms with E-state index in [2.05, 4.69) is 10.6 Å². The van der Waals surface area contributed by atoms with Crippen molar-refractivity contribution in [3.05, 3.63) is 63.7 Å². The number of amides is 1. The van der Waals surface area contributed by atoms with E-state index in [0.29, 0.717) is 24.5 Å². The van der Waals surface area contributed by atoms with Gasteiger partial charge in [0.2, 0.25) is 0 Å². The first-order valence-electron chi connectivity index (χ1n) is 7.91. The number of anilines is 1. The highest BCUT2D eigenvalue weighted by molar-refractivity contribution is 5.77. The van der Waals surface area contributed by atoms with Crippen molar-refractivity contribution in [1.82, 2.24) is 5.32 Å². The lowest BCUT2D eigenvalue weighted by molar-refractivity contribution is -0.384. The number of hydrogen-bond acceptors (Lipinski definition) is 5. The van der Waals surface area contributed by atoms with E-state index in [1.165, 1.54) is 6.07 Å². The predicted octanol–water partition coefficient (Wildman–Crippen LogP) is 2.82. The lowest BCUT2D eigenvalue weighted by atomic mass is 10.1. The van der Waals surface area contributed by atoms with Crippen LogP contribution < -0.4 is 15.4 Å². The number of carbonyl (C=O) groups is 1. The molecule has 0 atom stereocenters. The summed E-state index contributed by atoms with van der Waals surface area (Å²) in [5, 5.41) is 16.6. The van der Waals surface area contributed by atoms with Crippen molar-refractivity contribution in [2.75, 3.05) is 25.0 Å². The number of carbonyl (C=O) groups excluding carboxylic acids is 1. The smallest absolute Gasteiger partial charge is 0.292 e. The molecular formula is C18H21N3O4. The molecule has 0 aliphatic carbocycles. The zero-order valence-electron chi connectivity index (χ0n) is 14.2. The first-order valence-corrected chi connectivity index (χ1v) is 7.91. The van der Waals surface area contributed by atoms with E-state index < -0.39 is 4.92 Å². The number of nitrogens with one attached hydrogen (secondary N) is 2. The maximum Gasteiger partial charge on any atom is 0.292 e. The number of nitro benzene ring substituents is 1. The van der Waals surface area contributed by atoms with E-state index in [9.17, 15) is 14.9 Å². The Bertz CT molecular complexity index is 762. The van der Waals surface area contributed by atoms with Gasteiger partial charge in [0.05, 0.1) is 4.92 Å². The second-order valence-electron chi connectivity index (χ2n) is 5.61. The monoisotopic (exact) mass is 343 g/mol. The fourth-order valence-electron chi connectivity index (χ4n) is 2.34. The number of benzene rings is 2. The quantitative estimate of drug-likeness (QED) is 0.437. The molecule has 7 heteroatoms. The van der Waals surface area contributed by atoms with Gasteiger partial charge in [0, 0.05) is 19.2 Å². The van der Waals surface area contributed by atoms with Crippen LogP contribution in [0.4, 0.5) is 11.4 Å². The van der Waals surface area contributed by atoms with E-state index in [1.54, 1.807) is 18.2 Å². The maximum atomic E-state index is 11.8. The lowest BCUT2D eigenvalue weighted by Crippen LogP contribution is -2.32. The Morgan fingerprint density at radius 1 is 1.16 bits per heavy atom. The van der Waals surface area contributed by atoms with Crippen LogP contribution in [0.2, 0.25) is 0 Å². The minimum Gasteiger partial charge on any atom is -0.484 e.